The van der Waals surface area contributed by atoms with Crippen LogP contribution in [0, 0.1) is 18.8 Å². The van der Waals surface area contributed by atoms with Gasteiger partial charge in [0.25, 0.3) is 0 Å². The number of aryl methyl sites for hydroxylation is 1. The summed E-state index contributed by atoms with van der Waals surface area (Å²) in [5.41, 5.74) is 1.38. The summed E-state index contributed by atoms with van der Waals surface area (Å²) in [5, 5.41) is 12.6. The molecule has 174 valence electrons. The van der Waals surface area contributed by atoms with Gasteiger partial charge in [0, 0.05) is 18.4 Å². The number of aliphatic hydroxyl groups is 1. The normalized spacial score (nSPS) is 30.5. The molecule has 2 unspecified atom stereocenters. The maximum absolute atomic E-state index is 13.7. The standard InChI is InChI=1S/C23H29ClN2O5S/c1-3-31-22(30)16-15-9-10-23(32-15)17(16)21(29)26(11-4-5-12-27)19(23)20(28)25-18-13(2)7-6-8-14(18)24/h6-8,15-17,19,27H,3-5,9-12H2,1-2H3,(H,25,28)/t15-,16+,17+,19?,23?/m1/s1. The van der Waals surface area contributed by atoms with Crippen LogP contribution in [-0.2, 0) is 19.1 Å². The number of unbranched alkanes of at least 4 members (excludes halogenated alkanes) is 1. The van der Waals surface area contributed by atoms with E-state index in [4.69, 9.17) is 16.3 Å². The number of thioether (sulfide) groups is 1. The number of nitrogens with zero attached hydrogens (tertiary/aromatic N) is 1. The minimum absolute atomic E-state index is 0.0139. The van der Waals surface area contributed by atoms with E-state index >= 15 is 0 Å². The summed E-state index contributed by atoms with van der Waals surface area (Å²) in [6.07, 6.45) is 2.59. The summed E-state index contributed by atoms with van der Waals surface area (Å²) in [7, 11) is 0. The molecule has 1 aromatic rings. The number of carbonyl (C=O) groups is 3. The monoisotopic (exact) mass is 480 g/mol. The molecule has 5 atom stereocenters. The molecule has 1 aromatic carbocycles. The smallest absolute Gasteiger partial charge is 0.310 e. The minimum atomic E-state index is -0.705. The number of para-hydroxylation sites is 1. The SMILES string of the molecule is CCOC(=O)[C@@H]1[C@H]2C(=O)N(CCCCO)C(C(=O)Nc3c(C)cccc3Cl)C23CC[C@H]1S3. The largest absolute Gasteiger partial charge is 0.466 e. The number of nitrogens with one attached hydrogen (secondary N) is 1. The van der Waals surface area contributed by atoms with Gasteiger partial charge in [-0.2, -0.15) is 0 Å². The van der Waals surface area contributed by atoms with E-state index in [1.54, 1.807) is 29.7 Å². The molecule has 0 radical (unpaired) electrons. The Bertz CT molecular complexity index is 907. The van der Waals surface area contributed by atoms with E-state index in [0.29, 0.717) is 36.5 Å². The lowest BCUT2D eigenvalue weighted by Gasteiger charge is -2.34. The number of carbonyl (C=O) groups excluding carboxylic acids is 3. The number of hydrogen-bond donors (Lipinski definition) is 2. The number of aliphatic hydroxyl groups excluding tert-OH is 1. The summed E-state index contributed by atoms with van der Waals surface area (Å²) >= 11 is 7.95. The zero-order valence-electron chi connectivity index (χ0n) is 18.3. The zero-order chi connectivity index (χ0) is 23.0. The van der Waals surface area contributed by atoms with Gasteiger partial charge in [0.1, 0.15) is 6.04 Å². The van der Waals surface area contributed by atoms with Crippen LogP contribution >= 0.6 is 23.4 Å². The van der Waals surface area contributed by atoms with Crippen LogP contribution in [0.15, 0.2) is 18.2 Å². The molecule has 0 aromatic heterocycles. The molecule has 2 amide bonds. The van der Waals surface area contributed by atoms with E-state index in [1.807, 2.05) is 19.1 Å². The maximum Gasteiger partial charge on any atom is 0.310 e. The number of anilines is 1. The highest BCUT2D eigenvalue weighted by molar-refractivity contribution is 8.02. The Morgan fingerprint density at radius 3 is 2.84 bits per heavy atom. The molecule has 7 nitrogen and oxygen atoms in total. The highest BCUT2D eigenvalue weighted by Crippen LogP contribution is 2.66. The molecule has 32 heavy (non-hydrogen) atoms. The molecular formula is C23H29ClN2O5S. The van der Waals surface area contributed by atoms with E-state index in [-0.39, 0.29) is 36.2 Å². The van der Waals surface area contributed by atoms with Crippen molar-refractivity contribution in [1.29, 1.82) is 0 Å². The highest BCUT2D eigenvalue weighted by atomic mass is 35.5. The van der Waals surface area contributed by atoms with E-state index in [2.05, 4.69) is 5.32 Å². The summed E-state index contributed by atoms with van der Waals surface area (Å²) in [5.74, 6) is -1.88. The van der Waals surface area contributed by atoms with E-state index < -0.39 is 22.6 Å². The Morgan fingerprint density at radius 2 is 2.16 bits per heavy atom. The lowest BCUT2D eigenvalue weighted by Crippen LogP contribution is -2.51. The molecule has 3 fully saturated rings. The first-order valence-electron chi connectivity index (χ1n) is 11.2. The van der Waals surface area contributed by atoms with Gasteiger partial charge < -0.3 is 20.1 Å². The molecule has 4 rings (SSSR count). The quantitative estimate of drug-likeness (QED) is 0.438. The predicted molar refractivity (Wildman–Crippen MR) is 124 cm³/mol. The summed E-state index contributed by atoms with van der Waals surface area (Å²) in [6, 6.07) is 4.70. The second-order valence-electron chi connectivity index (χ2n) is 8.69. The average molecular weight is 481 g/mol. The fourth-order valence-electron chi connectivity index (χ4n) is 5.58. The number of fused-ring (bicyclic) bond motifs is 1. The van der Waals surface area contributed by atoms with Crippen molar-refractivity contribution in [1.82, 2.24) is 4.90 Å². The number of benzene rings is 1. The number of likely N-dealkylation sites (tertiary alicyclic amines) is 1. The average Bonchev–Trinajstić information content (AvgIpc) is 3.39. The van der Waals surface area contributed by atoms with Crippen LogP contribution in [0.3, 0.4) is 0 Å². The molecule has 3 heterocycles. The fraction of sp³-hybridized carbons (Fsp3) is 0.609. The van der Waals surface area contributed by atoms with Crippen molar-refractivity contribution in [2.45, 2.75) is 55.6 Å². The van der Waals surface area contributed by atoms with Crippen molar-refractivity contribution in [3.05, 3.63) is 28.8 Å². The molecule has 0 aliphatic carbocycles. The fourth-order valence-corrected chi connectivity index (χ4v) is 8.05. The van der Waals surface area contributed by atoms with E-state index in [0.717, 1.165) is 12.0 Å². The number of halogens is 1. The van der Waals surface area contributed by atoms with Crippen molar-refractivity contribution < 1.29 is 24.2 Å². The van der Waals surface area contributed by atoms with Crippen LogP contribution in [0.5, 0.6) is 0 Å². The Morgan fingerprint density at radius 1 is 1.38 bits per heavy atom. The van der Waals surface area contributed by atoms with Gasteiger partial charge in [-0.25, -0.2) is 0 Å². The van der Waals surface area contributed by atoms with E-state index in [9.17, 15) is 19.5 Å². The van der Waals surface area contributed by atoms with Gasteiger partial charge in [0.15, 0.2) is 0 Å². The number of amides is 2. The summed E-state index contributed by atoms with van der Waals surface area (Å²) in [6.45, 7) is 4.27. The van der Waals surface area contributed by atoms with Crippen LogP contribution in [0.2, 0.25) is 5.02 Å². The van der Waals surface area contributed by atoms with Gasteiger partial charge in [-0.3, -0.25) is 14.4 Å². The summed E-state index contributed by atoms with van der Waals surface area (Å²) in [4.78, 5) is 41.7. The predicted octanol–water partition coefficient (Wildman–Crippen LogP) is 3.01. The first kappa shape index (κ1) is 23.4. The molecule has 1 spiro atoms. The van der Waals surface area contributed by atoms with Gasteiger partial charge >= 0.3 is 5.97 Å². The number of rotatable bonds is 8. The van der Waals surface area contributed by atoms with Crippen LogP contribution < -0.4 is 5.32 Å². The molecular weight excluding hydrogens is 452 g/mol. The Kier molecular flexibility index (Phi) is 6.75. The number of hydrogen-bond acceptors (Lipinski definition) is 6. The first-order chi connectivity index (χ1) is 15.4. The third-order valence-corrected chi connectivity index (χ3v) is 9.15. The molecule has 3 aliphatic rings. The lowest BCUT2D eigenvalue weighted by atomic mass is 9.71. The first-order valence-corrected chi connectivity index (χ1v) is 12.4. The van der Waals surface area contributed by atoms with Crippen molar-refractivity contribution in [3.8, 4) is 0 Å². The lowest BCUT2D eigenvalue weighted by molar-refractivity contribution is -0.153. The van der Waals surface area contributed by atoms with Gasteiger partial charge in [-0.05, 0) is 51.2 Å². The summed E-state index contributed by atoms with van der Waals surface area (Å²) < 4.78 is 4.66. The van der Waals surface area contributed by atoms with Crippen LogP contribution in [0.4, 0.5) is 5.69 Å². The highest BCUT2D eigenvalue weighted by Gasteiger charge is 2.73. The van der Waals surface area contributed by atoms with Gasteiger partial charge in [-0.15, -0.1) is 11.8 Å². The van der Waals surface area contributed by atoms with Gasteiger partial charge in [0.05, 0.1) is 33.9 Å². The van der Waals surface area contributed by atoms with Gasteiger partial charge in [-0.1, -0.05) is 23.7 Å². The molecule has 9 heteroatoms. The maximum atomic E-state index is 13.7. The number of esters is 1. The van der Waals surface area contributed by atoms with E-state index in [1.165, 1.54) is 0 Å². The molecule has 2 bridgehead atoms. The third-order valence-electron chi connectivity index (χ3n) is 6.88. The third kappa shape index (κ3) is 3.70. The number of ether oxygens (including phenoxy) is 1. The topological polar surface area (TPSA) is 95.9 Å². The Hall–Kier alpha value is -1.77. The second kappa shape index (κ2) is 9.23. The van der Waals surface area contributed by atoms with Gasteiger partial charge in [0.2, 0.25) is 11.8 Å². The molecule has 3 aliphatic heterocycles. The van der Waals surface area contributed by atoms with Crippen LogP contribution in [0.1, 0.15) is 38.2 Å². The van der Waals surface area contributed by atoms with Crippen LogP contribution in [0.25, 0.3) is 0 Å². The second-order valence-corrected chi connectivity index (χ2v) is 10.7. The zero-order valence-corrected chi connectivity index (χ0v) is 19.9. The molecule has 2 N–H and O–H groups in total. The van der Waals surface area contributed by atoms with Crippen molar-refractivity contribution >= 4 is 46.8 Å². The molecule has 3 saturated heterocycles. The minimum Gasteiger partial charge on any atom is -0.466 e. The Labute approximate surface area is 197 Å². The Balaban J connectivity index is 1.69. The van der Waals surface area contributed by atoms with Crippen molar-refractivity contribution in [2.24, 2.45) is 11.8 Å². The van der Waals surface area contributed by atoms with Crippen molar-refractivity contribution in [2.75, 3.05) is 25.1 Å². The molecule has 0 saturated carbocycles. The van der Waals surface area contributed by atoms with Crippen LogP contribution in [-0.4, -0.2) is 63.6 Å². The van der Waals surface area contributed by atoms with Crippen molar-refractivity contribution in [3.63, 3.8) is 0 Å².